The molecule has 0 bridgehead atoms. The van der Waals surface area contributed by atoms with Crippen LogP contribution >= 0.6 is 23.2 Å². The maximum Gasteiger partial charge on any atom is 0.119 e. The fourth-order valence-corrected chi connectivity index (χ4v) is 1.68. The Hall–Kier alpha value is -1.38. The van der Waals surface area contributed by atoms with Gasteiger partial charge >= 0.3 is 0 Å². The molecule has 4 heteroatoms. The summed E-state index contributed by atoms with van der Waals surface area (Å²) in [6, 6.07) is 12.7. The second kappa shape index (κ2) is 5.30. The maximum absolute atomic E-state index is 5.91. The molecule has 2 aromatic rings. The zero-order chi connectivity index (χ0) is 12.3. The van der Waals surface area contributed by atoms with Crippen LogP contribution in [-0.4, -0.2) is 0 Å². The quantitative estimate of drug-likeness (QED) is 0.848. The highest BCUT2D eigenvalue weighted by Crippen LogP contribution is 2.23. The Morgan fingerprint density at radius 3 is 2.29 bits per heavy atom. The number of hydrogen-bond acceptors (Lipinski definition) is 2. The molecule has 2 aromatic carbocycles. The molecule has 17 heavy (non-hydrogen) atoms. The molecule has 0 spiro atoms. The molecule has 2 N–H and O–H groups in total. The van der Waals surface area contributed by atoms with Gasteiger partial charge in [0.25, 0.3) is 0 Å². The Labute approximate surface area is 110 Å². The van der Waals surface area contributed by atoms with Gasteiger partial charge in [-0.15, -0.1) is 0 Å². The summed E-state index contributed by atoms with van der Waals surface area (Å²) >= 11 is 11.7. The van der Waals surface area contributed by atoms with E-state index in [9.17, 15) is 0 Å². The number of halogens is 2. The van der Waals surface area contributed by atoms with E-state index in [0.29, 0.717) is 22.3 Å². The van der Waals surface area contributed by atoms with Crippen LogP contribution in [-0.2, 0) is 6.61 Å². The van der Waals surface area contributed by atoms with Crippen molar-refractivity contribution in [2.24, 2.45) is 0 Å². The third-order valence-electron chi connectivity index (χ3n) is 2.27. The van der Waals surface area contributed by atoms with Gasteiger partial charge in [-0.2, -0.15) is 0 Å². The van der Waals surface area contributed by atoms with E-state index in [-0.39, 0.29) is 0 Å². The van der Waals surface area contributed by atoms with E-state index in [1.165, 1.54) is 0 Å². The predicted octanol–water partition coefficient (Wildman–Crippen LogP) is 4.15. The molecule has 0 aliphatic heterocycles. The molecular weight excluding hydrogens is 257 g/mol. The van der Waals surface area contributed by atoms with Crippen molar-refractivity contribution in [2.75, 3.05) is 5.73 Å². The van der Waals surface area contributed by atoms with E-state index >= 15 is 0 Å². The average Bonchev–Trinajstić information content (AvgIpc) is 2.33. The summed E-state index contributed by atoms with van der Waals surface area (Å²) in [6.45, 7) is 0.445. The van der Waals surface area contributed by atoms with Gasteiger partial charge in [-0.3, -0.25) is 0 Å². The molecule has 0 aromatic heterocycles. The van der Waals surface area contributed by atoms with Gasteiger partial charge in [0.05, 0.1) is 10.0 Å². The number of nitrogen functional groups attached to an aromatic ring is 1. The Balaban J connectivity index is 2.02. The molecule has 0 fully saturated rings. The normalized spacial score (nSPS) is 10.2. The van der Waals surface area contributed by atoms with E-state index < -0.39 is 0 Å². The lowest BCUT2D eigenvalue weighted by Gasteiger charge is -2.07. The first kappa shape index (κ1) is 12.1. The van der Waals surface area contributed by atoms with Gasteiger partial charge in [-0.05, 0) is 42.0 Å². The largest absolute Gasteiger partial charge is 0.489 e. The average molecular weight is 268 g/mol. The smallest absolute Gasteiger partial charge is 0.119 e. The lowest BCUT2D eigenvalue weighted by molar-refractivity contribution is 0.306. The van der Waals surface area contributed by atoms with Crippen molar-refractivity contribution in [1.82, 2.24) is 0 Å². The number of nitrogens with two attached hydrogens (primary N) is 1. The minimum atomic E-state index is 0.445. The zero-order valence-electron chi connectivity index (χ0n) is 8.99. The third kappa shape index (κ3) is 3.29. The molecule has 0 saturated heterocycles. The highest BCUT2D eigenvalue weighted by Gasteiger charge is 2.00. The van der Waals surface area contributed by atoms with E-state index in [4.69, 9.17) is 33.7 Å². The van der Waals surface area contributed by atoms with Crippen LogP contribution in [0.5, 0.6) is 5.75 Å². The van der Waals surface area contributed by atoms with Crippen molar-refractivity contribution in [1.29, 1.82) is 0 Å². The third-order valence-corrected chi connectivity index (χ3v) is 3.01. The molecular formula is C13H11Cl2NO. The van der Waals surface area contributed by atoms with Crippen LogP contribution in [0.15, 0.2) is 42.5 Å². The lowest BCUT2D eigenvalue weighted by atomic mass is 10.2. The zero-order valence-corrected chi connectivity index (χ0v) is 10.5. The second-order valence-electron chi connectivity index (χ2n) is 3.61. The van der Waals surface area contributed by atoms with Crippen LogP contribution in [0.2, 0.25) is 10.0 Å². The molecule has 2 rings (SSSR count). The molecule has 88 valence electrons. The van der Waals surface area contributed by atoms with Crippen LogP contribution in [0.1, 0.15) is 5.56 Å². The molecule has 0 atom stereocenters. The monoisotopic (exact) mass is 267 g/mol. The number of ether oxygens (including phenoxy) is 1. The minimum absolute atomic E-state index is 0.445. The van der Waals surface area contributed by atoms with E-state index in [0.717, 1.165) is 11.3 Å². The molecule has 0 aliphatic carbocycles. The Kier molecular flexibility index (Phi) is 3.77. The molecule has 0 radical (unpaired) electrons. The summed E-state index contributed by atoms with van der Waals surface area (Å²) in [7, 11) is 0. The van der Waals surface area contributed by atoms with Crippen LogP contribution in [0, 0.1) is 0 Å². The second-order valence-corrected chi connectivity index (χ2v) is 4.42. The van der Waals surface area contributed by atoms with Crippen molar-refractivity contribution >= 4 is 28.9 Å². The standard InChI is InChI=1S/C13H11Cl2NO/c14-12-6-1-9(7-13(12)15)8-17-11-4-2-10(16)3-5-11/h1-7H,8,16H2. The molecule has 2 nitrogen and oxygen atoms in total. The number of hydrogen-bond donors (Lipinski definition) is 1. The summed E-state index contributed by atoms with van der Waals surface area (Å²) in [4.78, 5) is 0. The van der Waals surface area contributed by atoms with Crippen molar-refractivity contribution < 1.29 is 4.74 Å². The molecule has 0 heterocycles. The van der Waals surface area contributed by atoms with E-state index in [1.54, 1.807) is 24.3 Å². The summed E-state index contributed by atoms with van der Waals surface area (Å²) < 4.78 is 5.58. The topological polar surface area (TPSA) is 35.2 Å². The fraction of sp³-hybridized carbons (Fsp3) is 0.0769. The molecule has 0 saturated carbocycles. The van der Waals surface area contributed by atoms with Crippen molar-refractivity contribution in [3.63, 3.8) is 0 Å². The number of anilines is 1. The molecule has 0 aliphatic rings. The maximum atomic E-state index is 5.91. The van der Waals surface area contributed by atoms with Crippen LogP contribution in [0.3, 0.4) is 0 Å². The molecule has 0 unspecified atom stereocenters. The summed E-state index contributed by atoms with van der Waals surface area (Å²) in [5, 5.41) is 1.08. The van der Waals surface area contributed by atoms with E-state index in [1.807, 2.05) is 18.2 Å². The van der Waals surface area contributed by atoms with Crippen LogP contribution < -0.4 is 10.5 Å². The number of rotatable bonds is 3. The van der Waals surface area contributed by atoms with Gasteiger partial charge in [0, 0.05) is 5.69 Å². The summed E-state index contributed by atoms with van der Waals surface area (Å²) in [5.41, 5.74) is 7.27. The van der Waals surface area contributed by atoms with Gasteiger partial charge in [0.1, 0.15) is 12.4 Å². The Bertz CT molecular complexity index is 511. The van der Waals surface area contributed by atoms with Gasteiger partial charge in [-0.1, -0.05) is 29.3 Å². The van der Waals surface area contributed by atoms with Gasteiger partial charge < -0.3 is 10.5 Å². The number of benzene rings is 2. The lowest BCUT2D eigenvalue weighted by Crippen LogP contribution is -1.95. The highest BCUT2D eigenvalue weighted by molar-refractivity contribution is 6.42. The first-order chi connectivity index (χ1) is 8.15. The van der Waals surface area contributed by atoms with Gasteiger partial charge in [-0.25, -0.2) is 0 Å². The Morgan fingerprint density at radius 2 is 1.65 bits per heavy atom. The van der Waals surface area contributed by atoms with Crippen molar-refractivity contribution in [2.45, 2.75) is 6.61 Å². The van der Waals surface area contributed by atoms with Crippen molar-refractivity contribution in [3.05, 3.63) is 58.1 Å². The first-order valence-electron chi connectivity index (χ1n) is 5.07. The minimum Gasteiger partial charge on any atom is -0.489 e. The fourth-order valence-electron chi connectivity index (χ4n) is 1.36. The summed E-state index contributed by atoms with van der Waals surface area (Å²) in [6.07, 6.45) is 0. The first-order valence-corrected chi connectivity index (χ1v) is 5.83. The van der Waals surface area contributed by atoms with Gasteiger partial charge in [0.2, 0.25) is 0 Å². The molecule has 0 amide bonds. The SMILES string of the molecule is Nc1ccc(OCc2ccc(Cl)c(Cl)c2)cc1. The predicted molar refractivity (Wildman–Crippen MR) is 71.6 cm³/mol. The summed E-state index contributed by atoms with van der Waals surface area (Å²) in [5.74, 6) is 0.769. The van der Waals surface area contributed by atoms with E-state index in [2.05, 4.69) is 0 Å². The highest BCUT2D eigenvalue weighted by atomic mass is 35.5. The van der Waals surface area contributed by atoms with Crippen molar-refractivity contribution in [3.8, 4) is 5.75 Å². The Morgan fingerprint density at radius 1 is 0.941 bits per heavy atom. The van der Waals surface area contributed by atoms with Crippen LogP contribution in [0.4, 0.5) is 5.69 Å². The van der Waals surface area contributed by atoms with Crippen LogP contribution in [0.25, 0.3) is 0 Å². The van der Waals surface area contributed by atoms with Gasteiger partial charge in [0.15, 0.2) is 0 Å².